The lowest BCUT2D eigenvalue weighted by Gasteiger charge is -2.20. The predicted molar refractivity (Wildman–Crippen MR) is 96.6 cm³/mol. The Kier molecular flexibility index (Phi) is 5.39. The summed E-state index contributed by atoms with van der Waals surface area (Å²) in [5.41, 5.74) is 0.465. The van der Waals surface area contributed by atoms with Gasteiger partial charge in [-0.1, -0.05) is 13.8 Å². The fourth-order valence-electron chi connectivity index (χ4n) is 3.61. The minimum Gasteiger partial charge on any atom is -0.497 e. The van der Waals surface area contributed by atoms with E-state index in [9.17, 15) is 14.7 Å². The van der Waals surface area contributed by atoms with E-state index in [0.717, 1.165) is 12.8 Å². The van der Waals surface area contributed by atoms with Gasteiger partial charge < -0.3 is 19.5 Å². The van der Waals surface area contributed by atoms with Crippen molar-refractivity contribution in [3.63, 3.8) is 0 Å². The average molecular weight is 361 g/mol. The first kappa shape index (κ1) is 18.5. The quantitative estimate of drug-likeness (QED) is 0.808. The summed E-state index contributed by atoms with van der Waals surface area (Å²) in [6, 6.07) is 5.16. The zero-order chi connectivity index (χ0) is 18.8. The van der Waals surface area contributed by atoms with Gasteiger partial charge in [-0.05, 0) is 42.7 Å². The molecule has 1 N–H and O–H groups in total. The molecule has 26 heavy (non-hydrogen) atoms. The fourth-order valence-corrected chi connectivity index (χ4v) is 3.61. The van der Waals surface area contributed by atoms with Gasteiger partial charge in [0.05, 0.1) is 25.2 Å². The number of amides is 1. The second-order valence-corrected chi connectivity index (χ2v) is 7.72. The molecule has 2 aliphatic rings. The molecule has 1 aromatic carbocycles. The van der Waals surface area contributed by atoms with Crippen LogP contribution in [0.5, 0.6) is 11.5 Å². The number of rotatable bonds is 7. The Bertz CT molecular complexity index is 683. The van der Waals surface area contributed by atoms with Crippen molar-refractivity contribution in [2.75, 3.05) is 26.8 Å². The third kappa shape index (κ3) is 3.94. The second kappa shape index (κ2) is 7.56. The molecule has 0 radical (unpaired) electrons. The normalized spacial score (nSPS) is 22.5. The van der Waals surface area contributed by atoms with Crippen LogP contribution in [-0.2, 0) is 4.79 Å². The summed E-state index contributed by atoms with van der Waals surface area (Å²) in [6.45, 7) is 5.36. The van der Waals surface area contributed by atoms with Gasteiger partial charge in [-0.15, -0.1) is 0 Å². The molecule has 2 atom stereocenters. The minimum atomic E-state index is -0.803. The number of hydrogen-bond donors (Lipinski definition) is 1. The molecule has 6 nitrogen and oxygen atoms in total. The number of nitrogens with zero attached hydrogens (tertiary/aromatic N) is 1. The van der Waals surface area contributed by atoms with E-state index in [1.165, 1.54) is 0 Å². The summed E-state index contributed by atoms with van der Waals surface area (Å²) in [5, 5.41) is 9.52. The fraction of sp³-hybridized carbons (Fsp3) is 0.600. The molecule has 3 rings (SSSR count). The number of ether oxygens (including phenoxy) is 2. The molecule has 142 valence electrons. The number of carbonyl (C=O) groups is 2. The molecular formula is C20H27NO5. The number of aliphatic carboxylic acids is 1. The lowest BCUT2D eigenvalue weighted by Crippen LogP contribution is -2.30. The van der Waals surface area contributed by atoms with Crippen molar-refractivity contribution < 1.29 is 24.2 Å². The average Bonchev–Trinajstić information content (AvgIpc) is 3.36. The van der Waals surface area contributed by atoms with Crippen LogP contribution in [0.2, 0.25) is 0 Å². The number of carboxylic acid groups (broad SMARTS) is 1. The first-order valence-corrected chi connectivity index (χ1v) is 9.23. The molecule has 1 saturated carbocycles. The summed E-state index contributed by atoms with van der Waals surface area (Å²) in [6.07, 6.45) is 2.14. The largest absolute Gasteiger partial charge is 0.497 e. The molecule has 1 amide bonds. The van der Waals surface area contributed by atoms with Gasteiger partial charge in [0.1, 0.15) is 11.5 Å². The van der Waals surface area contributed by atoms with Crippen molar-refractivity contribution in [2.24, 2.45) is 23.7 Å². The third-order valence-corrected chi connectivity index (χ3v) is 5.19. The van der Waals surface area contributed by atoms with Crippen LogP contribution in [0.15, 0.2) is 18.2 Å². The van der Waals surface area contributed by atoms with Gasteiger partial charge in [-0.2, -0.15) is 0 Å². The molecule has 2 fully saturated rings. The maximum absolute atomic E-state index is 13.1. The Hall–Kier alpha value is -2.24. The molecule has 1 aliphatic carbocycles. The smallest absolute Gasteiger partial charge is 0.308 e. The number of carbonyl (C=O) groups excluding carboxylic acids is 1. The van der Waals surface area contributed by atoms with Gasteiger partial charge in [0, 0.05) is 19.2 Å². The van der Waals surface area contributed by atoms with Crippen LogP contribution >= 0.6 is 0 Å². The van der Waals surface area contributed by atoms with Gasteiger partial charge in [-0.3, -0.25) is 9.59 Å². The number of carboxylic acids is 1. The maximum Gasteiger partial charge on any atom is 0.308 e. The first-order chi connectivity index (χ1) is 12.4. The predicted octanol–water partition coefficient (Wildman–Crippen LogP) is 2.91. The first-order valence-electron chi connectivity index (χ1n) is 9.23. The van der Waals surface area contributed by atoms with Crippen molar-refractivity contribution in [2.45, 2.75) is 26.7 Å². The highest BCUT2D eigenvalue weighted by Crippen LogP contribution is 2.44. The van der Waals surface area contributed by atoms with Gasteiger partial charge in [0.2, 0.25) is 0 Å². The van der Waals surface area contributed by atoms with E-state index in [2.05, 4.69) is 0 Å². The topological polar surface area (TPSA) is 76.1 Å². The standard InChI is InChI=1S/C20H27NO5/c1-12(2)11-26-18-8-14(25-3)6-7-15(18)19(22)21-9-16(13-4-5-13)17(10-21)20(23)24/h6-8,12-13,16-17H,4-5,9-11H2,1-3H3,(H,23,24)/t16-,17+/m1/s1. The van der Waals surface area contributed by atoms with Crippen LogP contribution in [0.1, 0.15) is 37.0 Å². The van der Waals surface area contributed by atoms with Crippen LogP contribution in [-0.4, -0.2) is 48.7 Å². The molecule has 0 spiro atoms. The van der Waals surface area contributed by atoms with Crippen LogP contribution in [0.25, 0.3) is 0 Å². The van der Waals surface area contributed by atoms with Crippen LogP contribution in [0.4, 0.5) is 0 Å². The van der Waals surface area contributed by atoms with Crippen molar-refractivity contribution in [3.8, 4) is 11.5 Å². The molecular weight excluding hydrogens is 334 g/mol. The zero-order valence-electron chi connectivity index (χ0n) is 15.6. The Morgan fingerprint density at radius 1 is 1.27 bits per heavy atom. The van der Waals surface area contributed by atoms with E-state index in [4.69, 9.17) is 9.47 Å². The SMILES string of the molecule is COc1ccc(C(=O)N2C[C@H](C(=O)O)[C@@H](C3CC3)C2)c(OCC(C)C)c1. The molecule has 1 aliphatic heterocycles. The summed E-state index contributed by atoms with van der Waals surface area (Å²) < 4.78 is 11.1. The Morgan fingerprint density at radius 2 is 2.00 bits per heavy atom. The summed E-state index contributed by atoms with van der Waals surface area (Å²) in [5.74, 6) is 0.516. The molecule has 0 aromatic heterocycles. The van der Waals surface area contributed by atoms with E-state index in [0.29, 0.717) is 42.0 Å². The molecule has 6 heteroatoms. The summed E-state index contributed by atoms with van der Waals surface area (Å²) in [7, 11) is 1.57. The Labute approximate surface area is 154 Å². The molecule has 1 aromatic rings. The van der Waals surface area contributed by atoms with Gasteiger partial charge in [-0.25, -0.2) is 0 Å². The van der Waals surface area contributed by atoms with E-state index in [1.807, 2.05) is 13.8 Å². The van der Waals surface area contributed by atoms with Crippen molar-refractivity contribution in [3.05, 3.63) is 23.8 Å². The van der Waals surface area contributed by atoms with E-state index >= 15 is 0 Å². The number of hydrogen-bond acceptors (Lipinski definition) is 4. The van der Waals surface area contributed by atoms with Gasteiger partial charge in [0.15, 0.2) is 0 Å². The lowest BCUT2D eigenvalue weighted by molar-refractivity contribution is -0.142. The number of methoxy groups -OCH3 is 1. The number of likely N-dealkylation sites (tertiary alicyclic amines) is 1. The minimum absolute atomic E-state index is 0.0646. The summed E-state index contributed by atoms with van der Waals surface area (Å²) >= 11 is 0. The zero-order valence-corrected chi connectivity index (χ0v) is 15.6. The monoisotopic (exact) mass is 361 g/mol. The van der Waals surface area contributed by atoms with Crippen LogP contribution in [0.3, 0.4) is 0 Å². The van der Waals surface area contributed by atoms with Crippen molar-refractivity contribution in [1.29, 1.82) is 0 Å². The third-order valence-electron chi connectivity index (χ3n) is 5.19. The Balaban J connectivity index is 1.81. The maximum atomic E-state index is 13.1. The highest BCUT2D eigenvalue weighted by atomic mass is 16.5. The highest BCUT2D eigenvalue weighted by molar-refractivity contribution is 5.97. The Morgan fingerprint density at radius 3 is 2.58 bits per heavy atom. The van der Waals surface area contributed by atoms with Crippen LogP contribution in [0, 0.1) is 23.7 Å². The summed E-state index contributed by atoms with van der Waals surface area (Å²) in [4.78, 5) is 26.4. The van der Waals surface area contributed by atoms with Gasteiger partial charge >= 0.3 is 5.97 Å². The lowest BCUT2D eigenvalue weighted by atomic mass is 9.92. The molecule has 0 bridgehead atoms. The highest BCUT2D eigenvalue weighted by Gasteiger charge is 2.47. The van der Waals surface area contributed by atoms with E-state index < -0.39 is 11.9 Å². The van der Waals surface area contributed by atoms with E-state index in [-0.39, 0.29) is 18.4 Å². The van der Waals surface area contributed by atoms with Crippen molar-refractivity contribution in [1.82, 2.24) is 4.90 Å². The molecule has 1 heterocycles. The number of benzene rings is 1. The van der Waals surface area contributed by atoms with E-state index in [1.54, 1.807) is 30.2 Å². The molecule has 1 saturated heterocycles. The van der Waals surface area contributed by atoms with Crippen molar-refractivity contribution >= 4 is 11.9 Å². The van der Waals surface area contributed by atoms with Gasteiger partial charge in [0.25, 0.3) is 5.91 Å². The van der Waals surface area contributed by atoms with Crippen LogP contribution < -0.4 is 9.47 Å². The molecule has 0 unspecified atom stereocenters. The second-order valence-electron chi connectivity index (χ2n) is 7.72.